The second kappa shape index (κ2) is 8.49. The van der Waals surface area contributed by atoms with Crippen molar-refractivity contribution in [3.63, 3.8) is 0 Å². The van der Waals surface area contributed by atoms with Crippen LogP contribution in [-0.4, -0.2) is 35.9 Å². The van der Waals surface area contributed by atoms with Crippen LogP contribution < -0.4 is 4.74 Å². The SMILES string of the molecule is CCN(C)/C=N\c1cc(C)c(Oc2snc(C(C)(C)CF)c2C#N)cc1C. The lowest BCUT2D eigenvalue weighted by molar-refractivity contribution is 0.345. The minimum Gasteiger partial charge on any atom is -0.443 e. The molecular weight excluding hydrogens is 363 g/mol. The first kappa shape index (κ1) is 20.8. The van der Waals surface area contributed by atoms with Gasteiger partial charge in [-0.3, -0.25) is 4.39 Å². The number of alkyl halides is 1. The van der Waals surface area contributed by atoms with Gasteiger partial charge in [0.25, 0.3) is 0 Å². The van der Waals surface area contributed by atoms with E-state index in [1.54, 1.807) is 20.2 Å². The number of hydrogen-bond donors (Lipinski definition) is 0. The summed E-state index contributed by atoms with van der Waals surface area (Å²) in [7, 11) is 1.97. The van der Waals surface area contributed by atoms with Crippen LogP contribution in [0, 0.1) is 25.2 Å². The summed E-state index contributed by atoms with van der Waals surface area (Å²) in [4.78, 5) is 6.50. The molecule has 1 aromatic heterocycles. The summed E-state index contributed by atoms with van der Waals surface area (Å²) in [6.45, 7) is 9.67. The summed E-state index contributed by atoms with van der Waals surface area (Å²) in [5.41, 5.74) is 2.64. The van der Waals surface area contributed by atoms with E-state index < -0.39 is 12.1 Å². The van der Waals surface area contributed by atoms with E-state index in [1.807, 2.05) is 37.9 Å². The Kier molecular flexibility index (Phi) is 6.55. The van der Waals surface area contributed by atoms with E-state index in [-0.39, 0.29) is 0 Å². The summed E-state index contributed by atoms with van der Waals surface area (Å²) in [6, 6.07) is 5.96. The summed E-state index contributed by atoms with van der Waals surface area (Å²) >= 11 is 1.08. The highest BCUT2D eigenvalue weighted by Crippen LogP contribution is 2.39. The number of aromatic nitrogens is 1. The van der Waals surface area contributed by atoms with E-state index in [0.717, 1.165) is 34.9 Å². The van der Waals surface area contributed by atoms with Crippen LogP contribution in [0.3, 0.4) is 0 Å². The maximum atomic E-state index is 13.3. The number of aliphatic imine (C=N–C) groups is 1. The molecule has 1 aromatic carbocycles. The highest BCUT2D eigenvalue weighted by molar-refractivity contribution is 7.08. The predicted octanol–water partition coefficient (Wildman–Crippen LogP) is 5.28. The molecule has 0 saturated heterocycles. The van der Waals surface area contributed by atoms with Crippen LogP contribution >= 0.6 is 11.5 Å². The number of ether oxygens (including phenoxy) is 1. The molecule has 1 heterocycles. The average Bonchev–Trinajstić information content (AvgIpc) is 3.06. The smallest absolute Gasteiger partial charge is 0.218 e. The molecular formula is C20H25FN4OS. The zero-order valence-electron chi connectivity index (χ0n) is 16.6. The van der Waals surface area contributed by atoms with Crippen molar-refractivity contribution >= 4 is 23.6 Å². The van der Waals surface area contributed by atoms with Crippen molar-refractivity contribution in [2.45, 2.75) is 40.0 Å². The van der Waals surface area contributed by atoms with Crippen molar-refractivity contribution in [2.75, 3.05) is 20.3 Å². The molecule has 0 aliphatic heterocycles. The topological polar surface area (TPSA) is 61.5 Å². The van der Waals surface area contributed by atoms with Gasteiger partial charge in [0.1, 0.15) is 24.1 Å². The second-order valence-corrected chi connectivity index (χ2v) is 7.88. The van der Waals surface area contributed by atoms with Crippen LogP contribution in [0.2, 0.25) is 0 Å². The first-order valence-electron chi connectivity index (χ1n) is 8.73. The monoisotopic (exact) mass is 388 g/mol. The van der Waals surface area contributed by atoms with Gasteiger partial charge in [-0.05, 0) is 44.0 Å². The normalized spacial score (nSPS) is 11.6. The summed E-state index contributed by atoms with van der Waals surface area (Å²) in [5, 5.41) is 9.92. The van der Waals surface area contributed by atoms with Crippen molar-refractivity contribution in [2.24, 2.45) is 4.99 Å². The lowest BCUT2D eigenvalue weighted by Gasteiger charge is -2.17. The van der Waals surface area contributed by atoms with E-state index in [0.29, 0.717) is 22.1 Å². The molecule has 0 unspecified atom stereocenters. The van der Waals surface area contributed by atoms with Gasteiger partial charge in [-0.1, -0.05) is 13.8 Å². The van der Waals surface area contributed by atoms with Gasteiger partial charge in [0.05, 0.1) is 17.7 Å². The largest absolute Gasteiger partial charge is 0.443 e. The Morgan fingerprint density at radius 1 is 1.37 bits per heavy atom. The van der Waals surface area contributed by atoms with Crippen LogP contribution in [0.4, 0.5) is 10.1 Å². The van der Waals surface area contributed by atoms with Crippen molar-refractivity contribution in [3.05, 3.63) is 34.5 Å². The fraction of sp³-hybridized carbons (Fsp3) is 0.450. The lowest BCUT2D eigenvalue weighted by Crippen LogP contribution is -2.21. The molecule has 0 amide bonds. The predicted molar refractivity (Wildman–Crippen MR) is 108 cm³/mol. The molecule has 0 aliphatic carbocycles. The van der Waals surface area contributed by atoms with Crippen molar-refractivity contribution in [3.8, 4) is 16.9 Å². The Balaban J connectivity index is 2.35. The number of halogens is 1. The number of nitriles is 1. The molecule has 0 N–H and O–H groups in total. The lowest BCUT2D eigenvalue weighted by atomic mass is 9.89. The molecule has 2 rings (SSSR count). The van der Waals surface area contributed by atoms with Crippen molar-refractivity contribution < 1.29 is 9.13 Å². The van der Waals surface area contributed by atoms with Crippen molar-refractivity contribution in [1.82, 2.24) is 9.27 Å². The van der Waals surface area contributed by atoms with E-state index in [2.05, 4.69) is 22.4 Å². The molecule has 0 saturated carbocycles. The fourth-order valence-corrected chi connectivity index (χ4v) is 3.21. The highest BCUT2D eigenvalue weighted by atomic mass is 32.1. The third-order valence-electron chi connectivity index (χ3n) is 4.34. The van der Waals surface area contributed by atoms with Crippen LogP contribution in [0.25, 0.3) is 0 Å². The molecule has 0 fully saturated rings. The summed E-state index contributed by atoms with van der Waals surface area (Å²) in [5.74, 6) is 0.639. The van der Waals surface area contributed by atoms with Gasteiger partial charge in [0, 0.05) is 30.5 Å². The average molecular weight is 389 g/mol. The minimum absolute atomic E-state index is 0.298. The van der Waals surface area contributed by atoms with Gasteiger partial charge in [-0.2, -0.15) is 9.64 Å². The highest BCUT2D eigenvalue weighted by Gasteiger charge is 2.30. The van der Waals surface area contributed by atoms with Crippen LogP contribution in [0.15, 0.2) is 17.1 Å². The summed E-state index contributed by atoms with van der Waals surface area (Å²) < 4.78 is 23.6. The number of aryl methyl sites for hydroxylation is 2. The fourth-order valence-electron chi connectivity index (χ4n) is 2.33. The Morgan fingerprint density at radius 2 is 2.07 bits per heavy atom. The maximum absolute atomic E-state index is 13.3. The number of rotatable bonds is 7. The Morgan fingerprint density at radius 3 is 2.67 bits per heavy atom. The third-order valence-corrected chi connectivity index (χ3v) is 5.06. The number of nitrogens with zero attached hydrogens (tertiary/aromatic N) is 4. The maximum Gasteiger partial charge on any atom is 0.218 e. The van der Waals surface area contributed by atoms with Gasteiger partial charge in [-0.15, -0.1) is 0 Å². The molecule has 0 spiro atoms. The Labute approximate surface area is 164 Å². The Hall–Kier alpha value is -2.46. The third kappa shape index (κ3) is 4.64. The quantitative estimate of drug-likeness (QED) is 0.478. The standard InChI is InChI=1S/C20H25FN4OS/c1-7-25(6)12-23-16-8-14(3)17(9-13(16)2)26-19-15(10-22)18(24-27-19)20(4,5)11-21/h8-9,12H,7,11H2,1-6H3/b23-12-. The zero-order valence-corrected chi connectivity index (χ0v) is 17.4. The van der Waals surface area contributed by atoms with E-state index in [4.69, 9.17) is 4.74 Å². The molecule has 0 bridgehead atoms. The number of benzene rings is 1. The van der Waals surface area contributed by atoms with Gasteiger partial charge >= 0.3 is 0 Å². The molecule has 27 heavy (non-hydrogen) atoms. The summed E-state index contributed by atoms with van der Waals surface area (Å²) in [6.07, 6.45) is 1.80. The van der Waals surface area contributed by atoms with Crippen LogP contribution in [0.1, 0.15) is 43.2 Å². The van der Waals surface area contributed by atoms with Crippen molar-refractivity contribution in [1.29, 1.82) is 5.26 Å². The van der Waals surface area contributed by atoms with Crippen LogP contribution in [-0.2, 0) is 5.41 Å². The minimum atomic E-state index is -0.821. The molecule has 0 radical (unpaired) electrons. The van der Waals surface area contributed by atoms with E-state index in [9.17, 15) is 9.65 Å². The van der Waals surface area contributed by atoms with Gasteiger partial charge < -0.3 is 9.64 Å². The van der Waals surface area contributed by atoms with Gasteiger partial charge in [0.15, 0.2) is 0 Å². The molecule has 144 valence electrons. The Bertz CT molecular complexity index is 883. The van der Waals surface area contributed by atoms with E-state index in [1.165, 1.54) is 0 Å². The van der Waals surface area contributed by atoms with E-state index >= 15 is 0 Å². The van der Waals surface area contributed by atoms with Gasteiger partial charge in [0.2, 0.25) is 5.06 Å². The number of hydrogen-bond acceptors (Lipinski definition) is 5. The molecule has 7 heteroatoms. The molecule has 0 atom stereocenters. The molecule has 2 aromatic rings. The first-order chi connectivity index (χ1) is 12.7. The van der Waals surface area contributed by atoms with Gasteiger partial charge in [-0.25, -0.2) is 4.99 Å². The second-order valence-electron chi connectivity index (χ2n) is 7.15. The first-order valence-corrected chi connectivity index (χ1v) is 9.50. The zero-order chi connectivity index (χ0) is 20.2. The molecule has 0 aliphatic rings. The molecule has 5 nitrogen and oxygen atoms in total. The van der Waals surface area contributed by atoms with Crippen LogP contribution in [0.5, 0.6) is 10.8 Å².